The molecule has 1 aliphatic heterocycles. The molecule has 1 atom stereocenters. The predicted molar refractivity (Wildman–Crippen MR) is 110 cm³/mol. The van der Waals surface area contributed by atoms with Gasteiger partial charge >= 0.3 is 5.97 Å². The van der Waals surface area contributed by atoms with E-state index in [4.69, 9.17) is 5.10 Å². The molecule has 1 N–H and O–H groups in total. The molecule has 1 saturated carbocycles. The summed E-state index contributed by atoms with van der Waals surface area (Å²) in [4.78, 5) is 24.2. The number of aromatic carboxylic acids is 1. The van der Waals surface area contributed by atoms with Crippen molar-refractivity contribution >= 4 is 5.97 Å². The van der Waals surface area contributed by atoms with Gasteiger partial charge < -0.3 is 9.67 Å². The second-order valence-corrected chi connectivity index (χ2v) is 8.54. The molecule has 3 aromatic rings. The van der Waals surface area contributed by atoms with Gasteiger partial charge in [0.25, 0.3) is 0 Å². The number of carboxylic acid groups (broad SMARTS) is 1. The highest BCUT2D eigenvalue weighted by Gasteiger charge is 2.37. The van der Waals surface area contributed by atoms with Crippen molar-refractivity contribution in [2.75, 3.05) is 0 Å². The van der Waals surface area contributed by atoms with Crippen LogP contribution in [0.2, 0.25) is 0 Å². The summed E-state index contributed by atoms with van der Waals surface area (Å²) in [5.74, 6) is -1.03. The number of fused-ring (bicyclic) bond motifs is 3. The molecule has 2 aromatic heterocycles. The maximum absolute atomic E-state index is 14.1. The largest absolute Gasteiger partial charge is 0.477 e. The monoisotopic (exact) mass is 407 g/mol. The van der Waals surface area contributed by atoms with E-state index in [-0.39, 0.29) is 23.3 Å². The van der Waals surface area contributed by atoms with Gasteiger partial charge in [-0.25, -0.2) is 9.18 Å². The number of rotatable bonds is 4. The molecule has 0 saturated heterocycles. The molecule has 1 fully saturated rings. The Morgan fingerprint density at radius 3 is 2.67 bits per heavy atom. The van der Waals surface area contributed by atoms with Gasteiger partial charge in [-0.3, -0.25) is 9.48 Å². The summed E-state index contributed by atoms with van der Waals surface area (Å²) < 4.78 is 17.9. The second-order valence-electron chi connectivity index (χ2n) is 8.54. The Balaban J connectivity index is 1.83. The van der Waals surface area contributed by atoms with Gasteiger partial charge in [0.1, 0.15) is 11.4 Å². The van der Waals surface area contributed by atoms with Crippen LogP contribution in [-0.2, 0) is 6.54 Å². The van der Waals surface area contributed by atoms with Gasteiger partial charge in [-0.2, -0.15) is 5.10 Å². The van der Waals surface area contributed by atoms with E-state index in [2.05, 4.69) is 13.8 Å². The molecule has 1 aliphatic carbocycles. The first-order valence-corrected chi connectivity index (χ1v) is 10.2. The van der Waals surface area contributed by atoms with Gasteiger partial charge in [0.15, 0.2) is 5.43 Å². The highest BCUT2D eigenvalue weighted by atomic mass is 19.1. The van der Waals surface area contributed by atoms with Crippen molar-refractivity contribution in [3.8, 4) is 22.5 Å². The third-order valence-corrected chi connectivity index (χ3v) is 6.10. The molecule has 7 heteroatoms. The van der Waals surface area contributed by atoms with E-state index in [9.17, 15) is 19.1 Å². The quantitative estimate of drug-likeness (QED) is 0.699. The number of pyridine rings is 1. The minimum Gasteiger partial charge on any atom is -0.477 e. The first-order chi connectivity index (χ1) is 14.3. The minimum atomic E-state index is -1.24. The van der Waals surface area contributed by atoms with Crippen LogP contribution in [0.4, 0.5) is 4.39 Å². The van der Waals surface area contributed by atoms with Gasteiger partial charge in [0, 0.05) is 23.7 Å². The lowest BCUT2D eigenvalue weighted by Gasteiger charge is -2.32. The van der Waals surface area contributed by atoms with Crippen molar-refractivity contribution in [3.05, 3.63) is 63.8 Å². The summed E-state index contributed by atoms with van der Waals surface area (Å²) in [5, 5.41) is 14.4. The molecular weight excluding hydrogens is 385 g/mol. The normalized spacial score (nSPS) is 17.7. The highest BCUT2D eigenvalue weighted by molar-refractivity contribution is 5.88. The molecule has 30 heavy (non-hydrogen) atoms. The fourth-order valence-electron chi connectivity index (χ4n) is 4.42. The van der Waals surface area contributed by atoms with E-state index >= 15 is 0 Å². The lowest BCUT2D eigenvalue weighted by Crippen LogP contribution is -2.31. The lowest BCUT2D eigenvalue weighted by atomic mass is 9.95. The zero-order valence-corrected chi connectivity index (χ0v) is 16.8. The maximum atomic E-state index is 14.1. The predicted octanol–water partition coefficient (Wildman–Crippen LogP) is 4.30. The smallest absolute Gasteiger partial charge is 0.341 e. The van der Waals surface area contributed by atoms with E-state index in [0.717, 1.165) is 35.4 Å². The van der Waals surface area contributed by atoms with Crippen molar-refractivity contribution in [1.29, 1.82) is 0 Å². The molecule has 3 heterocycles. The van der Waals surface area contributed by atoms with Crippen LogP contribution in [0.1, 0.15) is 54.7 Å². The van der Waals surface area contributed by atoms with Crippen molar-refractivity contribution in [1.82, 2.24) is 14.3 Å². The summed E-state index contributed by atoms with van der Waals surface area (Å²) in [6.07, 6.45) is 3.53. The van der Waals surface area contributed by atoms with Crippen molar-refractivity contribution < 1.29 is 14.3 Å². The van der Waals surface area contributed by atoms with Gasteiger partial charge in [0.2, 0.25) is 0 Å². The van der Waals surface area contributed by atoms with Gasteiger partial charge in [-0.15, -0.1) is 0 Å². The molecule has 0 amide bonds. The molecular formula is C23H22FN3O3. The number of carbonyl (C=O) groups is 1. The second kappa shape index (κ2) is 6.65. The topological polar surface area (TPSA) is 77.1 Å². The maximum Gasteiger partial charge on any atom is 0.341 e. The van der Waals surface area contributed by atoms with Crippen LogP contribution >= 0.6 is 0 Å². The number of hydrogen-bond acceptors (Lipinski definition) is 3. The first kappa shape index (κ1) is 18.8. The Kier molecular flexibility index (Phi) is 4.17. The highest BCUT2D eigenvalue weighted by Crippen LogP contribution is 2.49. The minimum absolute atomic E-state index is 0.0430. The number of nitrogens with zero attached hydrogens (tertiary/aromatic N) is 3. The third kappa shape index (κ3) is 2.88. The van der Waals surface area contributed by atoms with Crippen LogP contribution in [0, 0.1) is 11.7 Å². The molecule has 0 bridgehead atoms. The van der Waals surface area contributed by atoms with E-state index in [1.807, 2.05) is 15.3 Å². The number of benzene rings is 1. The zero-order valence-electron chi connectivity index (χ0n) is 16.8. The summed E-state index contributed by atoms with van der Waals surface area (Å²) in [7, 11) is 0. The summed E-state index contributed by atoms with van der Waals surface area (Å²) in [5.41, 5.74) is 3.11. The summed E-state index contributed by atoms with van der Waals surface area (Å²) in [6.45, 7) is 4.70. The number of halogens is 1. The molecule has 6 nitrogen and oxygen atoms in total. The Labute approximate surface area is 172 Å². The number of carboxylic acids is 1. The van der Waals surface area contributed by atoms with Gasteiger partial charge in [-0.05, 0) is 36.5 Å². The molecule has 0 unspecified atom stereocenters. The van der Waals surface area contributed by atoms with Crippen LogP contribution in [0.15, 0.2) is 41.3 Å². The SMILES string of the molecule is CC(C)[C@@H]1Cn2nc(C3CC3)c(-c3cccc(F)c3)c2-c2cc(=O)c(C(=O)O)cn21. The average molecular weight is 407 g/mol. The van der Waals surface area contributed by atoms with E-state index in [1.54, 1.807) is 6.07 Å². The van der Waals surface area contributed by atoms with E-state index in [0.29, 0.717) is 18.2 Å². The third-order valence-electron chi connectivity index (χ3n) is 6.10. The standard InChI is InChI=1S/C23H22FN3O3/c1-12(2)18-11-27-22(17-9-19(28)16(23(29)30)10-26(17)18)20(21(25-27)13-6-7-13)14-4-3-5-15(24)8-14/h3-5,8-10,12-13,18H,6-7,11H2,1-2H3,(H,29,30)/t18-/m0/s1. The molecule has 154 valence electrons. The van der Waals surface area contributed by atoms with Gasteiger partial charge in [-0.1, -0.05) is 26.0 Å². The van der Waals surface area contributed by atoms with Crippen LogP contribution < -0.4 is 5.43 Å². The van der Waals surface area contributed by atoms with Crippen LogP contribution in [0.5, 0.6) is 0 Å². The fraction of sp³-hybridized carbons (Fsp3) is 0.348. The number of aromatic nitrogens is 3. The Morgan fingerprint density at radius 2 is 2.03 bits per heavy atom. The van der Waals surface area contributed by atoms with Crippen LogP contribution in [0.3, 0.4) is 0 Å². The van der Waals surface area contributed by atoms with Crippen LogP contribution in [0.25, 0.3) is 22.5 Å². The van der Waals surface area contributed by atoms with Gasteiger partial charge in [0.05, 0.1) is 29.7 Å². The Bertz CT molecular complexity index is 1240. The van der Waals surface area contributed by atoms with E-state index < -0.39 is 11.4 Å². The van der Waals surface area contributed by atoms with Crippen molar-refractivity contribution in [3.63, 3.8) is 0 Å². The van der Waals surface area contributed by atoms with E-state index in [1.165, 1.54) is 24.4 Å². The molecule has 0 spiro atoms. The molecule has 1 aromatic carbocycles. The number of hydrogen-bond donors (Lipinski definition) is 1. The molecule has 2 aliphatic rings. The fourth-order valence-corrected chi connectivity index (χ4v) is 4.42. The summed E-state index contributed by atoms with van der Waals surface area (Å²) in [6, 6.07) is 7.78. The van der Waals surface area contributed by atoms with Crippen LogP contribution in [-0.4, -0.2) is 25.4 Å². The molecule has 0 radical (unpaired) electrons. The summed E-state index contributed by atoms with van der Waals surface area (Å²) >= 11 is 0. The van der Waals surface area contributed by atoms with Crippen molar-refractivity contribution in [2.45, 2.75) is 45.2 Å². The first-order valence-electron chi connectivity index (χ1n) is 10.2. The molecule has 5 rings (SSSR count). The average Bonchev–Trinajstić information content (AvgIpc) is 3.46. The Morgan fingerprint density at radius 1 is 1.27 bits per heavy atom. The van der Waals surface area contributed by atoms with Crippen molar-refractivity contribution in [2.24, 2.45) is 5.92 Å². The zero-order chi connectivity index (χ0) is 21.2. The lowest BCUT2D eigenvalue weighted by molar-refractivity contribution is 0.0694. The Hall–Kier alpha value is -3.22.